The van der Waals surface area contributed by atoms with Gasteiger partial charge >= 0.3 is 0 Å². The molecule has 1 saturated heterocycles. The quantitative estimate of drug-likeness (QED) is 0.886. The van der Waals surface area contributed by atoms with Gasteiger partial charge in [0.1, 0.15) is 0 Å². The fourth-order valence-electron chi connectivity index (χ4n) is 3.51. The van der Waals surface area contributed by atoms with Gasteiger partial charge in [0.25, 0.3) is 0 Å². The van der Waals surface area contributed by atoms with Crippen LogP contribution in [-0.4, -0.2) is 25.5 Å². The van der Waals surface area contributed by atoms with Crippen molar-refractivity contribution < 1.29 is 4.79 Å². The lowest BCUT2D eigenvalue weighted by molar-refractivity contribution is -0.125. The molecule has 20 heavy (non-hydrogen) atoms. The fourth-order valence-corrected chi connectivity index (χ4v) is 3.51. The molecule has 3 heteroatoms. The van der Waals surface area contributed by atoms with Crippen LogP contribution in [0.3, 0.4) is 0 Å². The Morgan fingerprint density at radius 1 is 1.25 bits per heavy atom. The molecule has 0 saturated carbocycles. The summed E-state index contributed by atoms with van der Waals surface area (Å²) < 4.78 is 0. The second kappa shape index (κ2) is 6.40. The van der Waals surface area contributed by atoms with Crippen molar-refractivity contribution in [1.29, 1.82) is 0 Å². The molecule has 1 heterocycles. The van der Waals surface area contributed by atoms with E-state index >= 15 is 0 Å². The summed E-state index contributed by atoms with van der Waals surface area (Å²) in [6.07, 6.45) is 5.76. The molecule has 0 aromatic heterocycles. The minimum atomic E-state index is 0.169. The van der Waals surface area contributed by atoms with E-state index in [2.05, 4.69) is 34.9 Å². The molecular weight excluding hydrogens is 248 g/mol. The maximum atomic E-state index is 12.2. The van der Waals surface area contributed by atoms with E-state index in [1.165, 1.54) is 30.4 Å². The maximum Gasteiger partial charge on any atom is 0.224 e. The number of benzene rings is 1. The van der Waals surface area contributed by atoms with Crippen LogP contribution >= 0.6 is 0 Å². The average Bonchev–Trinajstić information content (AvgIpc) is 2.53. The Bertz CT molecular complexity index is 466. The summed E-state index contributed by atoms with van der Waals surface area (Å²) in [7, 11) is 0. The van der Waals surface area contributed by atoms with E-state index < -0.39 is 0 Å². The second-order valence-electron chi connectivity index (χ2n) is 6.08. The van der Waals surface area contributed by atoms with Gasteiger partial charge in [-0.2, -0.15) is 0 Å². The van der Waals surface area contributed by atoms with Gasteiger partial charge in [0.15, 0.2) is 0 Å². The predicted molar refractivity (Wildman–Crippen MR) is 80.7 cm³/mol. The lowest BCUT2D eigenvalue weighted by Crippen LogP contribution is -2.41. The number of nitrogens with one attached hydrogen (secondary N) is 2. The van der Waals surface area contributed by atoms with Crippen LogP contribution in [0.1, 0.15) is 42.7 Å². The topological polar surface area (TPSA) is 41.1 Å². The Labute approximate surface area is 121 Å². The van der Waals surface area contributed by atoms with Crippen molar-refractivity contribution in [3.8, 4) is 0 Å². The standard InChI is InChI=1S/C17H24N2O/c20-17(15-8-4-10-18-11-15)19-12-14-7-3-6-13-5-1-2-9-16(13)14/h1-2,5,9,14-15,18H,3-4,6-8,10-12H2,(H,19,20). The number of aryl methyl sites for hydroxylation is 1. The number of rotatable bonds is 3. The average molecular weight is 272 g/mol. The number of amides is 1. The van der Waals surface area contributed by atoms with E-state index in [-0.39, 0.29) is 11.8 Å². The van der Waals surface area contributed by atoms with Crippen molar-refractivity contribution in [3.63, 3.8) is 0 Å². The monoisotopic (exact) mass is 272 g/mol. The molecular formula is C17H24N2O. The van der Waals surface area contributed by atoms with E-state index in [4.69, 9.17) is 0 Å². The third-order valence-corrected chi connectivity index (χ3v) is 4.68. The molecule has 0 bridgehead atoms. The molecule has 3 rings (SSSR count). The van der Waals surface area contributed by atoms with Crippen LogP contribution in [-0.2, 0) is 11.2 Å². The van der Waals surface area contributed by atoms with Crippen LogP contribution in [0.2, 0.25) is 0 Å². The van der Waals surface area contributed by atoms with Gasteiger partial charge in [0.2, 0.25) is 5.91 Å². The number of piperidine rings is 1. The van der Waals surface area contributed by atoms with Gasteiger partial charge in [-0.3, -0.25) is 4.79 Å². The van der Waals surface area contributed by atoms with Gasteiger partial charge in [0.05, 0.1) is 5.92 Å². The van der Waals surface area contributed by atoms with Gasteiger partial charge < -0.3 is 10.6 Å². The van der Waals surface area contributed by atoms with Crippen LogP contribution in [0.5, 0.6) is 0 Å². The Hall–Kier alpha value is -1.35. The largest absolute Gasteiger partial charge is 0.355 e. The molecule has 1 fully saturated rings. The number of hydrogen-bond acceptors (Lipinski definition) is 2. The van der Waals surface area contributed by atoms with Crippen LogP contribution in [0.25, 0.3) is 0 Å². The van der Waals surface area contributed by atoms with Crippen molar-refractivity contribution in [2.75, 3.05) is 19.6 Å². The first-order valence-corrected chi connectivity index (χ1v) is 7.91. The van der Waals surface area contributed by atoms with Gasteiger partial charge in [-0.15, -0.1) is 0 Å². The first kappa shape index (κ1) is 13.6. The minimum absolute atomic E-state index is 0.169. The molecule has 2 aliphatic rings. The molecule has 0 radical (unpaired) electrons. The number of hydrogen-bond donors (Lipinski definition) is 2. The van der Waals surface area contributed by atoms with Crippen molar-refractivity contribution >= 4 is 5.91 Å². The predicted octanol–water partition coefficient (Wildman–Crippen LogP) is 2.22. The summed E-state index contributed by atoms with van der Waals surface area (Å²) in [6.45, 7) is 2.69. The molecule has 108 valence electrons. The highest BCUT2D eigenvalue weighted by Gasteiger charge is 2.24. The molecule has 0 spiro atoms. The highest BCUT2D eigenvalue weighted by Crippen LogP contribution is 2.30. The molecule has 2 atom stereocenters. The summed E-state index contributed by atoms with van der Waals surface area (Å²) in [6, 6.07) is 8.69. The van der Waals surface area contributed by atoms with E-state index in [9.17, 15) is 4.79 Å². The van der Waals surface area contributed by atoms with E-state index in [1.807, 2.05) is 0 Å². The molecule has 1 amide bonds. The van der Waals surface area contributed by atoms with Gasteiger partial charge in [-0.05, 0) is 49.8 Å². The summed E-state index contributed by atoms with van der Waals surface area (Å²) >= 11 is 0. The zero-order chi connectivity index (χ0) is 13.8. The normalized spacial score (nSPS) is 25.8. The zero-order valence-electron chi connectivity index (χ0n) is 12.0. The highest BCUT2D eigenvalue weighted by molar-refractivity contribution is 5.79. The number of carbonyl (C=O) groups is 1. The maximum absolute atomic E-state index is 12.2. The lowest BCUT2D eigenvalue weighted by atomic mass is 9.83. The van der Waals surface area contributed by atoms with E-state index in [0.29, 0.717) is 5.92 Å². The summed E-state index contributed by atoms with van der Waals surface area (Å²) in [5.41, 5.74) is 2.91. The SMILES string of the molecule is O=C(NCC1CCCc2ccccc21)C1CCCNC1. The Morgan fingerprint density at radius 2 is 2.15 bits per heavy atom. The van der Waals surface area contributed by atoms with Gasteiger partial charge in [0, 0.05) is 19.0 Å². The molecule has 2 unspecified atom stereocenters. The van der Waals surface area contributed by atoms with Crippen molar-refractivity contribution in [2.24, 2.45) is 5.92 Å². The van der Waals surface area contributed by atoms with Crippen LogP contribution < -0.4 is 10.6 Å². The van der Waals surface area contributed by atoms with Crippen molar-refractivity contribution in [2.45, 2.75) is 38.0 Å². The first-order valence-electron chi connectivity index (χ1n) is 7.91. The van der Waals surface area contributed by atoms with Crippen LogP contribution in [0.15, 0.2) is 24.3 Å². The minimum Gasteiger partial charge on any atom is -0.355 e. The third-order valence-electron chi connectivity index (χ3n) is 4.68. The Kier molecular flexibility index (Phi) is 4.36. The number of carbonyl (C=O) groups excluding carboxylic acids is 1. The third kappa shape index (κ3) is 3.04. The number of fused-ring (bicyclic) bond motifs is 1. The van der Waals surface area contributed by atoms with Crippen molar-refractivity contribution in [3.05, 3.63) is 35.4 Å². The summed E-state index contributed by atoms with van der Waals surface area (Å²) in [5, 5.41) is 6.49. The van der Waals surface area contributed by atoms with E-state index in [0.717, 1.165) is 32.5 Å². The fraction of sp³-hybridized carbons (Fsp3) is 0.588. The zero-order valence-corrected chi connectivity index (χ0v) is 12.0. The lowest BCUT2D eigenvalue weighted by Gasteiger charge is -2.27. The first-order chi connectivity index (χ1) is 9.84. The molecule has 1 aliphatic carbocycles. The van der Waals surface area contributed by atoms with Gasteiger partial charge in [-0.25, -0.2) is 0 Å². The van der Waals surface area contributed by atoms with Gasteiger partial charge in [-0.1, -0.05) is 24.3 Å². The summed E-state index contributed by atoms with van der Waals surface area (Å²) in [5.74, 6) is 0.906. The molecule has 1 aliphatic heterocycles. The van der Waals surface area contributed by atoms with Crippen LogP contribution in [0.4, 0.5) is 0 Å². The Balaban J connectivity index is 1.57. The van der Waals surface area contributed by atoms with Crippen molar-refractivity contribution in [1.82, 2.24) is 10.6 Å². The summed E-state index contributed by atoms with van der Waals surface area (Å²) in [4.78, 5) is 12.2. The molecule has 2 N–H and O–H groups in total. The van der Waals surface area contributed by atoms with E-state index in [1.54, 1.807) is 0 Å². The van der Waals surface area contributed by atoms with Crippen LogP contribution in [0, 0.1) is 5.92 Å². The molecule has 1 aromatic rings. The highest BCUT2D eigenvalue weighted by atomic mass is 16.1. The molecule has 3 nitrogen and oxygen atoms in total. The Morgan fingerprint density at radius 3 is 3.00 bits per heavy atom. The second-order valence-corrected chi connectivity index (χ2v) is 6.08. The molecule has 1 aromatic carbocycles. The smallest absolute Gasteiger partial charge is 0.224 e.